The van der Waals surface area contributed by atoms with Gasteiger partial charge >= 0.3 is 0 Å². The summed E-state index contributed by atoms with van der Waals surface area (Å²) < 4.78 is 0. The highest BCUT2D eigenvalue weighted by atomic mass is 16.2. The maximum atomic E-state index is 10.6. The van der Waals surface area contributed by atoms with Crippen LogP contribution in [0, 0.1) is 5.92 Å². The largest absolute Gasteiger partial charge is 0.343 e. The molecule has 11 heavy (non-hydrogen) atoms. The number of nitrogens with one attached hydrogen (secondary N) is 1. The molecule has 1 fully saturated rings. The predicted molar refractivity (Wildman–Crippen MR) is 45.2 cm³/mol. The highest BCUT2D eigenvalue weighted by Crippen LogP contribution is 2.18. The van der Waals surface area contributed by atoms with Crippen LogP contribution in [-0.4, -0.2) is 11.9 Å². The van der Waals surface area contributed by atoms with E-state index in [-0.39, 0.29) is 11.9 Å². The molecule has 1 amide bonds. The molecule has 0 bridgehead atoms. The van der Waals surface area contributed by atoms with Crippen molar-refractivity contribution in [3.8, 4) is 0 Å². The first kappa shape index (κ1) is 8.57. The third kappa shape index (κ3) is 2.91. The number of hydrogen-bond acceptors (Lipinski definition) is 1. The van der Waals surface area contributed by atoms with E-state index in [2.05, 4.69) is 19.2 Å². The highest BCUT2D eigenvalue weighted by molar-refractivity contribution is 5.96. The minimum absolute atomic E-state index is 0.210. The molecule has 1 heterocycles. The third-order valence-corrected chi connectivity index (χ3v) is 2.24. The zero-order valence-corrected chi connectivity index (χ0v) is 7.39. The minimum Gasteiger partial charge on any atom is -0.343 e. The van der Waals surface area contributed by atoms with Crippen LogP contribution >= 0.6 is 0 Å². The Kier molecular flexibility index (Phi) is 2.92. The predicted octanol–water partition coefficient (Wildman–Crippen LogP) is 1.70. The summed E-state index contributed by atoms with van der Waals surface area (Å²) in [7, 11) is 0. The lowest BCUT2D eigenvalue weighted by Crippen LogP contribution is -2.01. The van der Waals surface area contributed by atoms with Gasteiger partial charge in [-0.2, -0.15) is 0 Å². The molecule has 64 valence electrons. The fourth-order valence-electron chi connectivity index (χ4n) is 1.37. The van der Waals surface area contributed by atoms with Gasteiger partial charge in [-0.25, -0.2) is 0 Å². The van der Waals surface area contributed by atoms with Gasteiger partial charge in [-0.05, 0) is 12.3 Å². The monoisotopic (exact) mass is 155 g/mol. The average Bonchev–Trinajstić information content (AvgIpc) is 2.62. The summed E-state index contributed by atoms with van der Waals surface area (Å²) in [6, 6.07) is 0.210. The fraction of sp³-hybridized carbons (Fsp3) is 0.889. The molecule has 0 radical (unpaired) electrons. The molecule has 2 unspecified atom stereocenters. The highest BCUT2D eigenvalue weighted by Gasteiger charge is 2.33. The topological polar surface area (TPSA) is 39.0 Å². The lowest BCUT2D eigenvalue weighted by molar-refractivity contribution is -0.111. The van der Waals surface area contributed by atoms with Crippen LogP contribution in [0.15, 0.2) is 0 Å². The van der Waals surface area contributed by atoms with E-state index in [0.717, 1.165) is 6.42 Å². The van der Waals surface area contributed by atoms with Crippen LogP contribution in [0.2, 0.25) is 0 Å². The summed E-state index contributed by atoms with van der Waals surface area (Å²) in [6.45, 7) is 4.43. The second-order valence-corrected chi connectivity index (χ2v) is 3.54. The van der Waals surface area contributed by atoms with Crippen molar-refractivity contribution in [2.45, 2.75) is 45.6 Å². The van der Waals surface area contributed by atoms with Gasteiger partial charge in [0.1, 0.15) is 6.04 Å². The minimum atomic E-state index is 0.210. The summed E-state index contributed by atoms with van der Waals surface area (Å²) in [5, 5.41) is 2.80. The molecule has 2 nitrogen and oxygen atoms in total. The summed E-state index contributed by atoms with van der Waals surface area (Å²) in [4.78, 5) is 10.6. The number of carbonyl (C=O) groups is 1. The summed E-state index contributed by atoms with van der Waals surface area (Å²) in [5.41, 5.74) is 0. The second kappa shape index (κ2) is 3.74. The van der Waals surface area contributed by atoms with Gasteiger partial charge in [0.05, 0.1) is 0 Å². The Morgan fingerprint density at radius 3 is 2.73 bits per heavy atom. The van der Waals surface area contributed by atoms with Gasteiger partial charge in [-0.3, -0.25) is 4.79 Å². The van der Waals surface area contributed by atoms with Crippen molar-refractivity contribution in [2.24, 2.45) is 5.92 Å². The number of unbranched alkanes of at least 4 members (excludes halogenated alkanes) is 1. The first-order valence-electron chi connectivity index (χ1n) is 4.54. The molecular weight excluding hydrogens is 138 g/mol. The van der Waals surface area contributed by atoms with Gasteiger partial charge < -0.3 is 5.32 Å². The molecule has 2 atom stereocenters. The van der Waals surface area contributed by atoms with Crippen LogP contribution in [0.25, 0.3) is 0 Å². The molecule has 0 aromatic heterocycles. The number of carbonyl (C=O) groups excluding carboxylic acids is 1. The number of amides is 1. The normalized spacial score (nSPS) is 24.5. The Labute approximate surface area is 68.4 Å². The Balaban J connectivity index is 2.01. The summed E-state index contributed by atoms with van der Waals surface area (Å²) in [6.07, 6.45) is 4.86. The van der Waals surface area contributed by atoms with Crippen LogP contribution in [0.3, 0.4) is 0 Å². The molecule has 0 aromatic carbocycles. The maximum absolute atomic E-state index is 10.6. The van der Waals surface area contributed by atoms with E-state index < -0.39 is 0 Å². The molecule has 0 aliphatic carbocycles. The molecule has 0 saturated carbocycles. The van der Waals surface area contributed by atoms with E-state index in [0.29, 0.717) is 5.92 Å². The second-order valence-electron chi connectivity index (χ2n) is 3.54. The van der Waals surface area contributed by atoms with Gasteiger partial charge in [0.15, 0.2) is 0 Å². The van der Waals surface area contributed by atoms with Crippen molar-refractivity contribution < 1.29 is 4.79 Å². The van der Waals surface area contributed by atoms with Crippen LogP contribution in [0.4, 0.5) is 0 Å². The molecule has 2 heteroatoms. The first-order chi connectivity index (χ1) is 5.24. The van der Waals surface area contributed by atoms with Crippen LogP contribution in [0.1, 0.15) is 39.5 Å². The lowest BCUT2D eigenvalue weighted by atomic mass is 9.99. The van der Waals surface area contributed by atoms with Gasteiger partial charge in [0, 0.05) is 0 Å². The van der Waals surface area contributed by atoms with Crippen molar-refractivity contribution in [1.29, 1.82) is 0 Å². The van der Waals surface area contributed by atoms with E-state index in [4.69, 9.17) is 0 Å². The number of hydrogen-bond donors (Lipinski definition) is 1. The Hall–Kier alpha value is -0.530. The van der Waals surface area contributed by atoms with Crippen molar-refractivity contribution in [3.63, 3.8) is 0 Å². The van der Waals surface area contributed by atoms with E-state index >= 15 is 0 Å². The van der Waals surface area contributed by atoms with E-state index in [1.807, 2.05) is 0 Å². The SMILES string of the molecule is CCCCC(C)CC1NC1=O. The zero-order valence-electron chi connectivity index (χ0n) is 7.39. The standard InChI is InChI=1S/C9H17NO/c1-3-4-5-7(2)6-8-9(11)10-8/h7-8H,3-6H2,1-2H3,(H,10,11). The summed E-state index contributed by atoms with van der Waals surface area (Å²) in [5.74, 6) is 0.951. The van der Waals surface area contributed by atoms with E-state index in [9.17, 15) is 4.79 Å². The third-order valence-electron chi connectivity index (χ3n) is 2.24. The van der Waals surface area contributed by atoms with Crippen molar-refractivity contribution in [1.82, 2.24) is 5.32 Å². The smallest absolute Gasteiger partial charge is 0.243 e. The van der Waals surface area contributed by atoms with Gasteiger partial charge in [-0.15, -0.1) is 0 Å². The Bertz CT molecular complexity index is 144. The zero-order chi connectivity index (χ0) is 8.27. The molecule has 0 aromatic rings. The lowest BCUT2D eigenvalue weighted by Gasteiger charge is -2.06. The van der Waals surface area contributed by atoms with Gasteiger partial charge in [-0.1, -0.05) is 33.1 Å². The molecule has 1 aliphatic rings. The van der Waals surface area contributed by atoms with Crippen molar-refractivity contribution >= 4 is 5.91 Å². The van der Waals surface area contributed by atoms with Gasteiger partial charge in [0.2, 0.25) is 5.91 Å². The van der Waals surface area contributed by atoms with Crippen molar-refractivity contribution in [2.75, 3.05) is 0 Å². The van der Waals surface area contributed by atoms with E-state index in [1.165, 1.54) is 19.3 Å². The molecular formula is C9H17NO. The average molecular weight is 155 g/mol. The van der Waals surface area contributed by atoms with Crippen LogP contribution in [-0.2, 0) is 4.79 Å². The molecule has 1 rings (SSSR count). The Morgan fingerprint density at radius 2 is 2.27 bits per heavy atom. The molecule has 1 saturated heterocycles. The van der Waals surface area contributed by atoms with Gasteiger partial charge in [0.25, 0.3) is 0 Å². The maximum Gasteiger partial charge on any atom is 0.243 e. The molecule has 1 aliphatic heterocycles. The van der Waals surface area contributed by atoms with Crippen LogP contribution < -0.4 is 5.32 Å². The van der Waals surface area contributed by atoms with Crippen molar-refractivity contribution in [3.05, 3.63) is 0 Å². The van der Waals surface area contributed by atoms with E-state index in [1.54, 1.807) is 0 Å². The quantitative estimate of drug-likeness (QED) is 0.603. The molecule has 1 N–H and O–H groups in total. The van der Waals surface area contributed by atoms with Crippen LogP contribution in [0.5, 0.6) is 0 Å². The Morgan fingerprint density at radius 1 is 1.64 bits per heavy atom. The number of rotatable bonds is 5. The molecule has 0 spiro atoms. The fourth-order valence-corrected chi connectivity index (χ4v) is 1.37. The summed E-state index contributed by atoms with van der Waals surface area (Å²) >= 11 is 0. The first-order valence-corrected chi connectivity index (χ1v) is 4.54.